The van der Waals surface area contributed by atoms with E-state index in [1.54, 1.807) is 24.3 Å². The lowest BCUT2D eigenvalue weighted by Gasteiger charge is -2.10. The van der Waals surface area contributed by atoms with Crippen molar-refractivity contribution in [1.82, 2.24) is 10.2 Å². The standard InChI is InChI=1S/C17H15ClN4OS2/c1-11(15(23)19-14-9-5-6-12(18)10-14)24-17-22-21-16(25-17)20-13-7-3-2-4-8-13/h2-11H,1H3,(H,19,23)(H,20,21). The average molecular weight is 391 g/mol. The molecule has 25 heavy (non-hydrogen) atoms. The number of amides is 1. The maximum atomic E-state index is 12.3. The molecule has 0 saturated carbocycles. The van der Waals surface area contributed by atoms with Gasteiger partial charge in [0.25, 0.3) is 0 Å². The molecule has 0 bridgehead atoms. The van der Waals surface area contributed by atoms with Crippen LogP contribution >= 0.6 is 34.7 Å². The van der Waals surface area contributed by atoms with Crippen LogP contribution < -0.4 is 10.6 Å². The van der Waals surface area contributed by atoms with Gasteiger partial charge in [0, 0.05) is 16.4 Å². The van der Waals surface area contributed by atoms with Crippen LogP contribution in [0.15, 0.2) is 58.9 Å². The zero-order valence-electron chi connectivity index (χ0n) is 13.3. The highest BCUT2D eigenvalue weighted by molar-refractivity contribution is 8.02. The second-order valence-corrected chi connectivity index (χ2v) is 8.13. The Morgan fingerprint density at radius 3 is 2.64 bits per heavy atom. The monoisotopic (exact) mass is 390 g/mol. The van der Waals surface area contributed by atoms with E-state index < -0.39 is 0 Å². The van der Waals surface area contributed by atoms with Gasteiger partial charge < -0.3 is 10.6 Å². The second kappa shape index (κ2) is 8.33. The van der Waals surface area contributed by atoms with Crippen molar-refractivity contribution in [1.29, 1.82) is 0 Å². The van der Waals surface area contributed by atoms with Crippen molar-refractivity contribution < 1.29 is 4.79 Å². The molecule has 2 N–H and O–H groups in total. The number of aromatic nitrogens is 2. The van der Waals surface area contributed by atoms with Crippen LogP contribution in [0.4, 0.5) is 16.5 Å². The third-order valence-corrected chi connectivity index (χ3v) is 5.43. The lowest BCUT2D eigenvalue weighted by molar-refractivity contribution is -0.115. The summed E-state index contributed by atoms with van der Waals surface area (Å²) in [5, 5.41) is 15.2. The lowest BCUT2D eigenvalue weighted by atomic mass is 10.3. The Morgan fingerprint density at radius 2 is 1.88 bits per heavy atom. The van der Waals surface area contributed by atoms with Crippen molar-refractivity contribution in [2.45, 2.75) is 16.5 Å². The van der Waals surface area contributed by atoms with Crippen LogP contribution in [0.25, 0.3) is 0 Å². The van der Waals surface area contributed by atoms with Crippen molar-refractivity contribution in [2.24, 2.45) is 0 Å². The molecule has 2 aromatic carbocycles. The molecular formula is C17H15ClN4OS2. The van der Waals surface area contributed by atoms with Gasteiger partial charge in [0.2, 0.25) is 11.0 Å². The minimum Gasteiger partial charge on any atom is -0.330 e. The Bertz CT molecular complexity index is 857. The molecule has 8 heteroatoms. The van der Waals surface area contributed by atoms with Crippen LogP contribution in [-0.4, -0.2) is 21.4 Å². The zero-order chi connectivity index (χ0) is 17.6. The maximum absolute atomic E-state index is 12.3. The fourth-order valence-corrected chi connectivity index (χ4v) is 4.07. The molecule has 0 aliphatic rings. The molecule has 0 saturated heterocycles. The second-order valence-electron chi connectivity index (χ2n) is 5.12. The molecule has 1 aromatic heterocycles. The Hall–Kier alpha value is -2.09. The van der Waals surface area contributed by atoms with Gasteiger partial charge in [-0.15, -0.1) is 10.2 Å². The Kier molecular flexibility index (Phi) is 5.91. The molecule has 1 unspecified atom stereocenters. The number of rotatable bonds is 6. The third kappa shape index (κ3) is 5.19. The van der Waals surface area contributed by atoms with E-state index in [4.69, 9.17) is 11.6 Å². The highest BCUT2D eigenvalue weighted by Crippen LogP contribution is 2.30. The number of hydrogen-bond acceptors (Lipinski definition) is 6. The van der Waals surface area contributed by atoms with Gasteiger partial charge in [-0.3, -0.25) is 4.79 Å². The summed E-state index contributed by atoms with van der Waals surface area (Å²) in [4.78, 5) is 12.3. The normalized spacial score (nSPS) is 11.8. The SMILES string of the molecule is CC(Sc1nnc(Nc2ccccc2)s1)C(=O)Nc1cccc(Cl)c1. The number of para-hydroxylation sites is 1. The van der Waals surface area contributed by atoms with Crippen molar-refractivity contribution >= 4 is 57.1 Å². The molecule has 1 amide bonds. The van der Waals surface area contributed by atoms with Gasteiger partial charge in [-0.25, -0.2) is 0 Å². The highest BCUT2D eigenvalue weighted by atomic mass is 35.5. The maximum Gasteiger partial charge on any atom is 0.237 e. The quantitative estimate of drug-likeness (QED) is 0.576. The first-order valence-corrected chi connectivity index (χ1v) is 9.56. The van der Waals surface area contributed by atoms with E-state index >= 15 is 0 Å². The van der Waals surface area contributed by atoms with Gasteiger partial charge >= 0.3 is 0 Å². The molecule has 0 fully saturated rings. The summed E-state index contributed by atoms with van der Waals surface area (Å²) in [5.74, 6) is -0.111. The topological polar surface area (TPSA) is 66.9 Å². The number of anilines is 3. The summed E-state index contributed by atoms with van der Waals surface area (Å²) < 4.78 is 0.729. The smallest absolute Gasteiger partial charge is 0.237 e. The molecule has 0 aliphatic carbocycles. The molecule has 3 rings (SSSR count). The van der Waals surface area contributed by atoms with Gasteiger partial charge in [-0.2, -0.15) is 0 Å². The van der Waals surface area contributed by atoms with Crippen molar-refractivity contribution in [3.8, 4) is 0 Å². The van der Waals surface area contributed by atoms with Gasteiger partial charge in [0.15, 0.2) is 4.34 Å². The van der Waals surface area contributed by atoms with Crippen LogP contribution in [-0.2, 0) is 4.79 Å². The summed E-state index contributed by atoms with van der Waals surface area (Å²) in [6, 6.07) is 16.8. The van der Waals surface area contributed by atoms with Gasteiger partial charge in [0.05, 0.1) is 5.25 Å². The predicted molar refractivity (Wildman–Crippen MR) is 105 cm³/mol. The number of hydrogen-bond donors (Lipinski definition) is 2. The van der Waals surface area contributed by atoms with E-state index in [0.717, 1.165) is 10.0 Å². The molecular weight excluding hydrogens is 376 g/mol. The first kappa shape index (κ1) is 17.7. The van der Waals surface area contributed by atoms with Gasteiger partial charge in [-0.05, 0) is 37.3 Å². The van der Waals surface area contributed by atoms with E-state index in [-0.39, 0.29) is 11.2 Å². The Balaban J connectivity index is 1.57. The van der Waals surface area contributed by atoms with E-state index in [1.165, 1.54) is 23.1 Å². The number of halogens is 1. The molecule has 1 atom stereocenters. The molecule has 5 nitrogen and oxygen atoms in total. The largest absolute Gasteiger partial charge is 0.330 e. The molecule has 3 aromatic rings. The summed E-state index contributed by atoms with van der Waals surface area (Å²) in [5.41, 5.74) is 1.62. The fraction of sp³-hybridized carbons (Fsp3) is 0.118. The first-order valence-electron chi connectivity index (χ1n) is 7.49. The molecule has 0 spiro atoms. The lowest BCUT2D eigenvalue weighted by Crippen LogP contribution is -2.22. The summed E-state index contributed by atoms with van der Waals surface area (Å²) >= 11 is 8.70. The van der Waals surface area contributed by atoms with E-state index in [0.29, 0.717) is 15.8 Å². The van der Waals surface area contributed by atoms with E-state index in [1.807, 2.05) is 37.3 Å². The van der Waals surface area contributed by atoms with Crippen molar-refractivity contribution in [3.05, 3.63) is 59.6 Å². The number of thioether (sulfide) groups is 1. The van der Waals surface area contributed by atoms with Crippen molar-refractivity contribution in [2.75, 3.05) is 10.6 Å². The Morgan fingerprint density at radius 1 is 1.12 bits per heavy atom. The van der Waals surface area contributed by atoms with Gasteiger partial charge in [-0.1, -0.05) is 59.0 Å². The van der Waals surface area contributed by atoms with E-state index in [9.17, 15) is 4.79 Å². The summed E-state index contributed by atoms with van der Waals surface area (Å²) in [6.07, 6.45) is 0. The molecule has 1 heterocycles. The average Bonchev–Trinajstić information content (AvgIpc) is 3.02. The Labute approximate surface area is 158 Å². The van der Waals surface area contributed by atoms with E-state index in [2.05, 4.69) is 20.8 Å². The molecule has 0 aliphatic heterocycles. The number of nitrogens with one attached hydrogen (secondary N) is 2. The zero-order valence-corrected chi connectivity index (χ0v) is 15.7. The van der Waals surface area contributed by atoms with Crippen molar-refractivity contribution in [3.63, 3.8) is 0 Å². The van der Waals surface area contributed by atoms with Crippen LogP contribution in [0.1, 0.15) is 6.92 Å². The third-order valence-electron chi connectivity index (χ3n) is 3.17. The summed E-state index contributed by atoms with van der Waals surface area (Å²) in [6.45, 7) is 1.83. The van der Waals surface area contributed by atoms with Crippen LogP contribution in [0, 0.1) is 0 Å². The number of benzene rings is 2. The first-order chi connectivity index (χ1) is 12.1. The number of carbonyl (C=O) groups excluding carboxylic acids is 1. The fourth-order valence-electron chi connectivity index (χ4n) is 1.97. The predicted octanol–water partition coefficient (Wildman–Crippen LogP) is 5.05. The number of nitrogens with zero attached hydrogens (tertiary/aromatic N) is 2. The molecule has 0 radical (unpaired) electrons. The minimum absolute atomic E-state index is 0.111. The minimum atomic E-state index is -0.309. The number of carbonyl (C=O) groups is 1. The van der Waals surface area contributed by atoms with Crippen LogP contribution in [0.3, 0.4) is 0 Å². The van der Waals surface area contributed by atoms with Gasteiger partial charge in [0.1, 0.15) is 0 Å². The van der Waals surface area contributed by atoms with Crippen LogP contribution in [0.2, 0.25) is 5.02 Å². The highest BCUT2D eigenvalue weighted by Gasteiger charge is 2.17. The van der Waals surface area contributed by atoms with Crippen LogP contribution in [0.5, 0.6) is 0 Å². The summed E-state index contributed by atoms with van der Waals surface area (Å²) in [7, 11) is 0. The molecule has 128 valence electrons.